The Hall–Kier alpha value is -0.200. The first-order valence-electron chi connectivity index (χ1n) is 5.07. The predicted molar refractivity (Wildman–Crippen MR) is 59.7 cm³/mol. The summed E-state index contributed by atoms with van der Waals surface area (Å²) < 4.78 is 40.7. The van der Waals surface area contributed by atoms with Crippen molar-refractivity contribution in [3.8, 4) is 0 Å². The fourth-order valence-corrected chi connectivity index (χ4v) is 1.83. The highest BCUT2D eigenvalue weighted by atomic mass is 32.2. The van der Waals surface area contributed by atoms with Gasteiger partial charge in [-0.25, -0.2) is 0 Å². The first kappa shape index (κ1) is 17.2. The second kappa shape index (κ2) is 10.3. The average Bonchev–Trinajstić information content (AvgIpc) is 2.08. The van der Waals surface area contributed by atoms with Crippen LogP contribution >= 0.6 is 0 Å². The zero-order chi connectivity index (χ0) is 10.9. The highest BCUT2D eigenvalue weighted by Crippen LogP contribution is 2.07. The molecule has 0 aromatic rings. The van der Waals surface area contributed by atoms with Crippen LogP contribution in [0.3, 0.4) is 0 Å². The van der Waals surface area contributed by atoms with Crippen molar-refractivity contribution in [1.29, 1.82) is 0 Å². The first-order valence-corrected chi connectivity index (χ1v) is 6.68. The van der Waals surface area contributed by atoms with Crippen LogP contribution in [0.15, 0.2) is 0 Å². The van der Waals surface area contributed by atoms with Gasteiger partial charge in [-0.15, -0.1) is 0 Å². The standard InChI is InChI=1S/C9H19FO3S.H3N/c10-8-6-4-2-1-3-5-7-9-14(11,12)13;/h1-9H2,(H,11,12,13);1H3. The minimum atomic E-state index is -3.78. The Balaban J connectivity index is 0. The zero-order valence-corrected chi connectivity index (χ0v) is 9.94. The number of alkyl halides is 1. The third kappa shape index (κ3) is 16.5. The van der Waals surface area contributed by atoms with Crippen LogP contribution in [-0.2, 0) is 10.1 Å². The van der Waals surface area contributed by atoms with Gasteiger partial charge < -0.3 is 6.15 Å². The van der Waals surface area contributed by atoms with Crippen LogP contribution in [0.25, 0.3) is 0 Å². The number of unbranched alkanes of at least 4 members (excludes halogenated alkanes) is 6. The minimum absolute atomic E-state index is 0. The molecule has 0 atom stereocenters. The van der Waals surface area contributed by atoms with Gasteiger partial charge in [0.25, 0.3) is 10.1 Å². The van der Waals surface area contributed by atoms with Gasteiger partial charge in [-0.05, 0) is 12.8 Å². The summed E-state index contributed by atoms with van der Waals surface area (Å²) in [6.45, 7) is -0.247. The molecule has 0 aromatic heterocycles. The predicted octanol–water partition coefficient (Wildman–Crippen LogP) is 2.74. The molecule has 6 heteroatoms. The van der Waals surface area contributed by atoms with Gasteiger partial charge in [-0.1, -0.05) is 32.1 Å². The summed E-state index contributed by atoms with van der Waals surface area (Å²) in [7, 11) is -3.78. The Morgan fingerprint density at radius 1 is 0.867 bits per heavy atom. The van der Waals surface area contributed by atoms with Crippen LogP contribution in [0, 0.1) is 0 Å². The van der Waals surface area contributed by atoms with E-state index < -0.39 is 10.1 Å². The lowest BCUT2D eigenvalue weighted by molar-refractivity contribution is 0.449. The molecule has 0 rings (SSSR count). The molecule has 0 saturated heterocycles. The highest BCUT2D eigenvalue weighted by molar-refractivity contribution is 7.85. The lowest BCUT2D eigenvalue weighted by Crippen LogP contribution is -2.03. The fraction of sp³-hybridized carbons (Fsp3) is 1.00. The molecular weight excluding hydrogens is 221 g/mol. The Morgan fingerprint density at radius 2 is 1.27 bits per heavy atom. The maximum Gasteiger partial charge on any atom is 0.264 e. The molecule has 0 aliphatic carbocycles. The van der Waals surface area contributed by atoms with E-state index in [-0.39, 0.29) is 18.6 Å². The maximum atomic E-state index is 11.7. The van der Waals surface area contributed by atoms with E-state index in [1.54, 1.807) is 0 Å². The summed E-state index contributed by atoms with van der Waals surface area (Å²) >= 11 is 0. The number of halogens is 1. The number of hydrogen-bond acceptors (Lipinski definition) is 3. The molecule has 0 aromatic carbocycles. The van der Waals surface area contributed by atoms with E-state index in [1.807, 2.05) is 0 Å². The maximum absolute atomic E-state index is 11.7. The van der Waals surface area contributed by atoms with Crippen molar-refractivity contribution in [2.45, 2.75) is 44.9 Å². The molecule has 0 aliphatic rings. The van der Waals surface area contributed by atoms with Gasteiger partial charge >= 0.3 is 0 Å². The second-order valence-electron chi connectivity index (χ2n) is 3.45. The van der Waals surface area contributed by atoms with Crippen LogP contribution in [0.2, 0.25) is 0 Å². The lowest BCUT2D eigenvalue weighted by atomic mass is 10.1. The van der Waals surface area contributed by atoms with Crippen LogP contribution < -0.4 is 6.15 Å². The molecule has 0 amide bonds. The van der Waals surface area contributed by atoms with Crippen molar-refractivity contribution in [3.05, 3.63) is 0 Å². The highest BCUT2D eigenvalue weighted by Gasteiger charge is 2.02. The van der Waals surface area contributed by atoms with Crippen molar-refractivity contribution in [3.63, 3.8) is 0 Å². The molecule has 0 saturated carbocycles. The van der Waals surface area contributed by atoms with Gasteiger partial charge in [-0.3, -0.25) is 8.94 Å². The topological polar surface area (TPSA) is 89.4 Å². The summed E-state index contributed by atoms with van der Waals surface area (Å²) in [6, 6.07) is 0. The smallest absolute Gasteiger partial charge is 0.264 e. The van der Waals surface area contributed by atoms with E-state index in [4.69, 9.17) is 4.55 Å². The van der Waals surface area contributed by atoms with E-state index >= 15 is 0 Å². The Labute approximate surface area is 91.6 Å². The van der Waals surface area contributed by atoms with Crippen molar-refractivity contribution >= 4 is 10.1 Å². The lowest BCUT2D eigenvalue weighted by Gasteiger charge is -1.99. The molecule has 4 N–H and O–H groups in total. The average molecular weight is 243 g/mol. The molecule has 0 fully saturated rings. The molecule has 94 valence electrons. The molecule has 0 radical (unpaired) electrons. The van der Waals surface area contributed by atoms with Gasteiger partial charge in [0.2, 0.25) is 0 Å². The summed E-state index contributed by atoms with van der Waals surface area (Å²) in [5.74, 6) is -0.141. The number of hydrogen-bond donors (Lipinski definition) is 2. The zero-order valence-electron chi connectivity index (χ0n) is 9.12. The van der Waals surface area contributed by atoms with Crippen molar-refractivity contribution in [2.75, 3.05) is 12.4 Å². The van der Waals surface area contributed by atoms with E-state index in [1.165, 1.54) is 0 Å². The fourth-order valence-electron chi connectivity index (χ4n) is 1.26. The van der Waals surface area contributed by atoms with Crippen LogP contribution in [-0.4, -0.2) is 25.4 Å². The largest absolute Gasteiger partial charge is 0.344 e. The summed E-state index contributed by atoms with van der Waals surface area (Å²) in [4.78, 5) is 0. The number of rotatable bonds is 9. The van der Waals surface area contributed by atoms with Gasteiger partial charge in [0.15, 0.2) is 0 Å². The quantitative estimate of drug-likeness (QED) is 0.481. The Bertz CT molecular complexity index is 219. The first-order chi connectivity index (χ1) is 6.56. The summed E-state index contributed by atoms with van der Waals surface area (Å²) in [6.07, 6.45) is 5.86. The molecule has 15 heavy (non-hydrogen) atoms. The second-order valence-corrected chi connectivity index (χ2v) is 5.02. The molecule has 0 bridgehead atoms. The van der Waals surface area contributed by atoms with Crippen LogP contribution in [0.1, 0.15) is 44.9 Å². The van der Waals surface area contributed by atoms with E-state index in [9.17, 15) is 12.8 Å². The minimum Gasteiger partial charge on any atom is -0.344 e. The van der Waals surface area contributed by atoms with Crippen LogP contribution in [0.5, 0.6) is 0 Å². The Kier molecular flexibility index (Phi) is 11.8. The van der Waals surface area contributed by atoms with Crippen molar-refractivity contribution in [1.82, 2.24) is 6.15 Å². The molecule has 0 unspecified atom stereocenters. The molecule has 0 spiro atoms. The summed E-state index contributed by atoms with van der Waals surface area (Å²) in [5.41, 5.74) is 0. The molecule has 0 heterocycles. The van der Waals surface area contributed by atoms with Crippen molar-refractivity contribution < 1.29 is 17.4 Å². The SMILES string of the molecule is N.O=S(=O)(O)CCCCCCCCCF. The van der Waals surface area contributed by atoms with Crippen molar-refractivity contribution in [2.24, 2.45) is 0 Å². The molecule has 4 nitrogen and oxygen atoms in total. The van der Waals surface area contributed by atoms with Crippen LogP contribution in [0.4, 0.5) is 4.39 Å². The third-order valence-electron chi connectivity index (χ3n) is 2.04. The van der Waals surface area contributed by atoms with Gasteiger partial charge in [0.1, 0.15) is 0 Å². The summed E-state index contributed by atoms with van der Waals surface area (Å²) in [5, 5.41) is 0. The normalized spacial score (nSPS) is 11.1. The van der Waals surface area contributed by atoms with E-state index in [0.717, 1.165) is 32.1 Å². The van der Waals surface area contributed by atoms with Gasteiger partial charge in [-0.2, -0.15) is 8.42 Å². The monoisotopic (exact) mass is 243 g/mol. The third-order valence-corrected chi connectivity index (χ3v) is 2.84. The molecule has 0 aliphatic heterocycles. The van der Waals surface area contributed by atoms with E-state index in [0.29, 0.717) is 12.8 Å². The molecular formula is C9H22FNO3S. The Morgan fingerprint density at radius 3 is 1.67 bits per heavy atom. The van der Waals surface area contributed by atoms with Gasteiger partial charge in [0, 0.05) is 0 Å². The van der Waals surface area contributed by atoms with E-state index in [2.05, 4.69) is 0 Å². The van der Waals surface area contributed by atoms with Gasteiger partial charge in [0.05, 0.1) is 12.4 Å².